The Balaban J connectivity index is 1.46. The van der Waals surface area contributed by atoms with Crippen LogP contribution < -0.4 is 5.32 Å². The molecule has 3 N–H and O–H groups in total. The number of amides is 1. The Labute approximate surface area is 190 Å². The lowest BCUT2D eigenvalue weighted by molar-refractivity contribution is -0.145. The van der Waals surface area contributed by atoms with Crippen molar-refractivity contribution in [1.82, 2.24) is 20.5 Å². The van der Waals surface area contributed by atoms with E-state index in [9.17, 15) is 14.7 Å². The van der Waals surface area contributed by atoms with Gasteiger partial charge < -0.3 is 19.8 Å². The molecule has 1 amide bonds. The lowest BCUT2D eigenvalue weighted by Crippen LogP contribution is -2.45. The zero-order valence-electron chi connectivity index (χ0n) is 18.2. The number of carboxylic acid groups (broad SMARTS) is 1. The summed E-state index contributed by atoms with van der Waals surface area (Å²) in [7, 11) is 0. The van der Waals surface area contributed by atoms with Crippen LogP contribution in [0.5, 0.6) is 0 Å². The largest absolute Gasteiger partial charge is 0.481 e. The van der Waals surface area contributed by atoms with Crippen molar-refractivity contribution in [1.29, 1.82) is 0 Å². The number of carboxylic acids is 1. The van der Waals surface area contributed by atoms with Crippen molar-refractivity contribution in [3.05, 3.63) is 83.2 Å². The zero-order valence-corrected chi connectivity index (χ0v) is 18.2. The first-order valence-corrected chi connectivity index (χ1v) is 10.9. The van der Waals surface area contributed by atoms with Gasteiger partial charge in [-0.25, -0.2) is 0 Å². The Morgan fingerprint density at radius 3 is 2.48 bits per heavy atom. The van der Waals surface area contributed by atoms with Gasteiger partial charge in [0.25, 0.3) is 0 Å². The van der Waals surface area contributed by atoms with Crippen LogP contribution in [-0.4, -0.2) is 32.2 Å². The Kier molecular flexibility index (Phi) is 5.20. The molecule has 2 aromatic heterocycles. The van der Waals surface area contributed by atoms with E-state index >= 15 is 0 Å². The Hall–Kier alpha value is -3.94. The maximum atomic E-state index is 13.7. The van der Waals surface area contributed by atoms with Gasteiger partial charge in [0.15, 0.2) is 0 Å². The number of aliphatic carboxylic acids is 1. The molecule has 0 unspecified atom stereocenters. The van der Waals surface area contributed by atoms with E-state index in [0.29, 0.717) is 31.0 Å². The van der Waals surface area contributed by atoms with Gasteiger partial charge in [-0.3, -0.25) is 9.59 Å². The number of rotatable bonds is 7. The van der Waals surface area contributed by atoms with Crippen molar-refractivity contribution in [2.75, 3.05) is 0 Å². The molecule has 1 aliphatic rings. The van der Waals surface area contributed by atoms with E-state index in [1.165, 1.54) is 0 Å². The van der Waals surface area contributed by atoms with E-state index in [1.807, 2.05) is 54.7 Å². The summed E-state index contributed by atoms with van der Waals surface area (Å²) in [6, 6.07) is 15.1. The van der Waals surface area contributed by atoms with Crippen LogP contribution in [0.25, 0.3) is 10.9 Å². The number of nitrogens with zero attached hydrogens (tertiary/aromatic N) is 2. The van der Waals surface area contributed by atoms with Crippen molar-refractivity contribution in [2.24, 2.45) is 5.41 Å². The van der Waals surface area contributed by atoms with Gasteiger partial charge in [-0.1, -0.05) is 42.5 Å². The SMILES string of the molecule is Cc1nnc([C@H](Cc2c[nH]c3ccccc23)NC(=O)C2(CC(=O)O)Cc3ccccc3C2)o1. The number of aromatic nitrogens is 3. The molecule has 0 spiro atoms. The number of aryl methyl sites for hydroxylation is 1. The van der Waals surface area contributed by atoms with Crippen LogP contribution in [0.3, 0.4) is 0 Å². The summed E-state index contributed by atoms with van der Waals surface area (Å²) < 4.78 is 5.68. The monoisotopic (exact) mass is 444 g/mol. The molecule has 1 atom stereocenters. The second-order valence-corrected chi connectivity index (χ2v) is 8.72. The number of fused-ring (bicyclic) bond motifs is 2. The quantitative estimate of drug-likeness (QED) is 0.401. The molecule has 8 heteroatoms. The number of carbonyl (C=O) groups excluding carboxylic acids is 1. The van der Waals surface area contributed by atoms with Crippen LogP contribution in [0.15, 0.2) is 59.1 Å². The standard InChI is InChI=1S/C25H24N4O4/c1-15-28-29-23(33-15)21(10-18-14-26-20-9-5-4-8-19(18)20)27-24(32)25(13-22(30)31)11-16-6-2-3-7-17(16)12-25/h2-9,14,21,26H,10-13H2,1H3,(H,27,32)(H,30,31)/t21-/m0/s1. The van der Waals surface area contributed by atoms with Crippen LogP contribution in [0.2, 0.25) is 0 Å². The maximum Gasteiger partial charge on any atom is 0.304 e. The van der Waals surface area contributed by atoms with Crippen LogP contribution in [0.1, 0.15) is 40.9 Å². The summed E-state index contributed by atoms with van der Waals surface area (Å²) in [5, 5.41) is 21.8. The molecule has 2 heterocycles. The lowest BCUT2D eigenvalue weighted by Gasteiger charge is -2.28. The van der Waals surface area contributed by atoms with E-state index in [0.717, 1.165) is 27.6 Å². The minimum Gasteiger partial charge on any atom is -0.481 e. The highest BCUT2D eigenvalue weighted by Crippen LogP contribution is 2.40. The fraction of sp³-hybridized carbons (Fsp3) is 0.280. The normalized spacial score (nSPS) is 15.3. The topological polar surface area (TPSA) is 121 Å². The fourth-order valence-corrected chi connectivity index (χ4v) is 4.83. The molecule has 1 aliphatic carbocycles. The number of benzene rings is 2. The maximum absolute atomic E-state index is 13.7. The summed E-state index contributed by atoms with van der Waals surface area (Å²) in [5.74, 6) is -0.620. The molecule has 168 valence electrons. The summed E-state index contributed by atoms with van der Waals surface area (Å²) in [6.45, 7) is 1.70. The van der Waals surface area contributed by atoms with Gasteiger partial charge >= 0.3 is 5.97 Å². The molecule has 0 bridgehead atoms. The summed E-state index contributed by atoms with van der Waals surface area (Å²) in [4.78, 5) is 28.7. The van der Waals surface area contributed by atoms with Gasteiger partial charge in [0, 0.05) is 30.4 Å². The molecule has 0 aliphatic heterocycles. The van der Waals surface area contributed by atoms with Crippen molar-refractivity contribution in [2.45, 2.75) is 38.6 Å². The van der Waals surface area contributed by atoms with E-state index in [1.54, 1.807) is 6.92 Å². The molecule has 0 radical (unpaired) electrons. The minimum absolute atomic E-state index is 0.254. The number of nitrogens with one attached hydrogen (secondary N) is 2. The van der Waals surface area contributed by atoms with Gasteiger partial charge in [0.1, 0.15) is 6.04 Å². The molecule has 4 aromatic rings. The number of H-pyrrole nitrogens is 1. The van der Waals surface area contributed by atoms with E-state index in [4.69, 9.17) is 4.42 Å². The van der Waals surface area contributed by atoms with Crippen LogP contribution in [0, 0.1) is 12.3 Å². The molecule has 8 nitrogen and oxygen atoms in total. The molecule has 0 fully saturated rings. The second-order valence-electron chi connectivity index (χ2n) is 8.72. The van der Waals surface area contributed by atoms with Crippen LogP contribution >= 0.6 is 0 Å². The molecule has 0 saturated heterocycles. The highest BCUT2D eigenvalue weighted by molar-refractivity contribution is 5.89. The Morgan fingerprint density at radius 1 is 1.12 bits per heavy atom. The molecular formula is C25H24N4O4. The average molecular weight is 444 g/mol. The number of para-hydroxylation sites is 1. The predicted octanol–water partition coefficient (Wildman–Crippen LogP) is 3.52. The van der Waals surface area contributed by atoms with Crippen molar-refractivity contribution >= 4 is 22.8 Å². The molecule has 0 saturated carbocycles. The molecule has 33 heavy (non-hydrogen) atoms. The minimum atomic E-state index is -1.07. The summed E-state index contributed by atoms with van der Waals surface area (Å²) in [5.41, 5.74) is 2.94. The first kappa shape index (κ1) is 20.9. The van der Waals surface area contributed by atoms with Crippen molar-refractivity contribution < 1.29 is 19.1 Å². The number of hydrogen-bond donors (Lipinski definition) is 3. The Bertz CT molecular complexity index is 1310. The van der Waals surface area contributed by atoms with Gasteiger partial charge in [-0.05, 0) is 35.6 Å². The smallest absolute Gasteiger partial charge is 0.304 e. The van der Waals surface area contributed by atoms with Crippen LogP contribution in [-0.2, 0) is 28.9 Å². The number of aromatic amines is 1. The fourth-order valence-electron chi connectivity index (χ4n) is 4.83. The second kappa shape index (κ2) is 8.20. The highest BCUT2D eigenvalue weighted by atomic mass is 16.4. The molecule has 5 rings (SSSR count). The van der Waals surface area contributed by atoms with Gasteiger partial charge in [-0.15, -0.1) is 10.2 Å². The third-order valence-corrected chi connectivity index (χ3v) is 6.39. The Morgan fingerprint density at radius 2 is 1.82 bits per heavy atom. The molecular weight excluding hydrogens is 420 g/mol. The average Bonchev–Trinajstić information content (AvgIpc) is 3.50. The number of hydrogen-bond acceptors (Lipinski definition) is 5. The summed E-state index contributed by atoms with van der Waals surface area (Å²) >= 11 is 0. The van der Waals surface area contributed by atoms with E-state index in [2.05, 4.69) is 20.5 Å². The van der Waals surface area contributed by atoms with Gasteiger partial charge in [0.05, 0.1) is 11.8 Å². The highest BCUT2D eigenvalue weighted by Gasteiger charge is 2.46. The first-order chi connectivity index (χ1) is 15.9. The van der Waals surface area contributed by atoms with Gasteiger partial charge in [0.2, 0.25) is 17.7 Å². The lowest BCUT2D eigenvalue weighted by atomic mass is 9.80. The predicted molar refractivity (Wildman–Crippen MR) is 120 cm³/mol. The van der Waals surface area contributed by atoms with Gasteiger partial charge in [-0.2, -0.15) is 0 Å². The van der Waals surface area contributed by atoms with E-state index in [-0.39, 0.29) is 12.3 Å². The third-order valence-electron chi connectivity index (χ3n) is 6.39. The zero-order chi connectivity index (χ0) is 23.0. The molecule has 2 aromatic carbocycles. The summed E-state index contributed by atoms with van der Waals surface area (Å²) in [6.07, 6.45) is 2.84. The van der Waals surface area contributed by atoms with Crippen molar-refractivity contribution in [3.63, 3.8) is 0 Å². The number of carbonyl (C=O) groups is 2. The van der Waals surface area contributed by atoms with Crippen LogP contribution in [0.4, 0.5) is 0 Å². The first-order valence-electron chi connectivity index (χ1n) is 10.9. The third kappa shape index (κ3) is 4.00. The van der Waals surface area contributed by atoms with Crippen molar-refractivity contribution in [3.8, 4) is 0 Å². The van der Waals surface area contributed by atoms with E-state index < -0.39 is 17.4 Å².